The van der Waals surface area contributed by atoms with Crippen LogP contribution in [0.3, 0.4) is 0 Å². The van der Waals surface area contributed by atoms with Gasteiger partial charge in [-0.25, -0.2) is 4.39 Å². The van der Waals surface area contributed by atoms with Gasteiger partial charge in [-0.3, -0.25) is 19.3 Å². The van der Waals surface area contributed by atoms with E-state index in [-0.39, 0.29) is 24.0 Å². The summed E-state index contributed by atoms with van der Waals surface area (Å²) < 4.78 is 29.4. The largest absolute Gasteiger partial charge is 0.495 e. The van der Waals surface area contributed by atoms with E-state index in [0.717, 1.165) is 16.7 Å². The van der Waals surface area contributed by atoms with Gasteiger partial charge in [-0.15, -0.1) is 0 Å². The Morgan fingerprint density at radius 1 is 0.973 bits per heavy atom. The molecule has 3 aromatic rings. The van der Waals surface area contributed by atoms with Gasteiger partial charge in [0.2, 0.25) is 0 Å². The van der Waals surface area contributed by atoms with Crippen molar-refractivity contribution in [3.8, 4) is 17.2 Å². The highest BCUT2D eigenvalue weighted by Gasteiger charge is 2.35. The first kappa shape index (κ1) is 25.8. The van der Waals surface area contributed by atoms with Crippen LogP contribution in [0.25, 0.3) is 6.08 Å². The van der Waals surface area contributed by atoms with Crippen molar-refractivity contribution in [1.82, 2.24) is 4.90 Å². The van der Waals surface area contributed by atoms with Crippen LogP contribution in [0.1, 0.15) is 11.1 Å². The molecule has 0 atom stereocenters. The van der Waals surface area contributed by atoms with E-state index in [1.165, 1.54) is 38.5 Å². The second-order valence-electron chi connectivity index (χ2n) is 7.84. The molecule has 1 N–H and O–H groups in total. The summed E-state index contributed by atoms with van der Waals surface area (Å²) >= 11 is 0.824. The van der Waals surface area contributed by atoms with Gasteiger partial charge in [0.05, 0.1) is 31.4 Å². The van der Waals surface area contributed by atoms with Crippen molar-refractivity contribution in [1.29, 1.82) is 0 Å². The van der Waals surface area contributed by atoms with Gasteiger partial charge in [-0.2, -0.15) is 0 Å². The molecule has 8 nitrogen and oxygen atoms in total. The molecule has 0 aromatic heterocycles. The molecular formula is C27H23FN2O6S. The van der Waals surface area contributed by atoms with Crippen molar-refractivity contribution in [3.05, 3.63) is 88.6 Å². The zero-order valence-electron chi connectivity index (χ0n) is 20.0. The van der Waals surface area contributed by atoms with Gasteiger partial charge in [-0.05, 0) is 65.4 Å². The maximum atomic E-state index is 13.1. The molecule has 0 bridgehead atoms. The fourth-order valence-electron chi connectivity index (χ4n) is 3.53. The number of carbonyl (C=O) groups excluding carboxylic acids is 3. The third-order valence-electron chi connectivity index (χ3n) is 5.35. The van der Waals surface area contributed by atoms with Crippen LogP contribution in [0.5, 0.6) is 17.2 Å². The van der Waals surface area contributed by atoms with Crippen molar-refractivity contribution in [2.24, 2.45) is 0 Å². The summed E-state index contributed by atoms with van der Waals surface area (Å²) in [6.45, 7) is -0.217. The number of thioether (sulfide) groups is 1. The Kier molecular flexibility index (Phi) is 8.09. The van der Waals surface area contributed by atoms with Gasteiger partial charge in [0.25, 0.3) is 17.1 Å². The predicted octanol–water partition coefficient (Wildman–Crippen LogP) is 5.10. The average molecular weight is 523 g/mol. The van der Waals surface area contributed by atoms with E-state index in [4.69, 9.17) is 14.2 Å². The van der Waals surface area contributed by atoms with E-state index in [9.17, 15) is 18.8 Å². The number of benzene rings is 3. The lowest BCUT2D eigenvalue weighted by atomic mass is 10.1. The Morgan fingerprint density at radius 3 is 2.43 bits per heavy atom. The zero-order chi connectivity index (χ0) is 26.4. The summed E-state index contributed by atoms with van der Waals surface area (Å²) in [5, 5.41) is 2.32. The Morgan fingerprint density at radius 2 is 1.70 bits per heavy atom. The number of hydrogen-bond acceptors (Lipinski definition) is 7. The predicted molar refractivity (Wildman–Crippen MR) is 138 cm³/mol. The van der Waals surface area contributed by atoms with E-state index < -0.39 is 17.0 Å². The van der Waals surface area contributed by atoms with Gasteiger partial charge >= 0.3 is 0 Å². The van der Waals surface area contributed by atoms with E-state index in [1.54, 1.807) is 48.5 Å². The van der Waals surface area contributed by atoms with Gasteiger partial charge in [0, 0.05) is 0 Å². The first-order valence-corrected chi connectivity index (χ1v) is 11.9. The van der Waals surface area contributed by atoms with E-state index in [0.29, 0.717) is 34.1 Å². The molecule has 1 aliphatic rings. The lowest BCUT2D eigenvalue weighted by molar-refractivity contribution is -0.123. The third-order valence-corrected chi connectivity index (χ3v) is 6.26. The molecule has 0 saturated carbocycles. The number of amides is 3. The first-order chi connectivity index (χ1) is 17.9. The lowest BCUT2D eigenvalue weighted by Crippen LogP contribution is -2.27. The number of imide groups is 1. The Balaban J connectivity index is 1.42. The van der Waals surface area contributed by atoms with Crippen molar-refractivity contribution in [3.63, 3.8) is 0 Å². The minimum absolute atomic E-state index is 0.0509. The number of nitrogens with zero attached hydrogens (tertiary/aromatic N) is 1. The second kappa shape index (κ2) is 11.6. The average Bonchev–Trinajstić information content (AvgIpc) is 3.16. The van der Waals surface area contributed by atoms with Crippen LogP contribution < -0.4 is 19.5 Å². The zero-order valence-corrected chi connectivity index (χ0v) is 20.8. The topological polar surface area (TPSA) is 94.2 Å². The number of para-hydroxylation sites is 2. The first-order valence-electron chi connectivity index (χ1n) is 11.1. The smallest absolute Gasteiger partial charge is 0.293 e. The molecule has 10 heteroatoms. The number of halogens is 1. The molecule has 0 spiro atoms. The molecule has 0 unspecified atom stereocenters. The normalized spacial score (nSPS) is 14.1. The molecule has 37 heavy (non-hydrogen) atoms. The Labute approximate surface area is 217 Å². The van der Waals surface area contributed by atoms with Gasteiger partial charge < -0.3 is 19.5 Å². The summed E-state index contributed by atoms with van der Waals surface area (Å²) in [5.74, 6) is -0.00297. The number of rotatable bonds is 9. The van der Waals surface area contributed by atoms with E-state index in [1.807, 2.05) is 0 Å². The van der Waals surface area contributed by atoms with E-state index >= 15 is 0 Å². The van der Waals surface area contributed by atoms with Crippen LogP contribution in [0.2, 0.25) is 0 Å². The summed E-state index contributed by atoms with van der Waals surface area (Å²) in [6.07, 6.45) is 1.58. The van der Waals surface area contributed by atoms with Crippen molar-refractivity contribution < 1.29 is 33.0 Å². The van der Waals surface area contributed by atoms with Crippen molar-refractivity contribution >= 4 is 40.6 Å². The lowest BCUT2D eigenvalue weighted by Gasteiger charge is -2.13. The molecule has 1 saturated heterocycles. The number of ether oxygens (including phenoxy) is 3. The minimum atomic E-state index is -0.438. The molecule has 1 aliphatic heterocycles. The second-order valence-corrected chi connectivity index (χ2v) is 8.83. The number of anilines is 1. The molecule has 0 aliphatic carbocycles. The van der Waals surface area contributed by atoms with Crippen LogP contribution in [0.4, 0.5) is 14.9 Å². The number of nitrogens with one attached hydrogen (secondary N) is 1. The fraction of sp³-hybridized carbons (Fsp3) is 0.148. The van der Waals surface area contributed by atoms with Gasteiger partial charge in [0.1, 0.15) is 11.6 Å². The molecule has 4 rings (SSSR count). The SMILES string of the molecule is COc1ccccc1NC(=O)COc1ccc(/C=C2\SC(=O)N(Cc3ccc(F)cc3)C2=O)cc1OC. The van der Waals surface area contributed by atoms with Gasteiger partial charge in [0.15, 0.2) is 18.1 Å². The molecular weight excluding hydrogens is 499 g/mol. The Hall–Kier alpha value is -4.31. The van der Waals surface area contributed by atoms with Crippen LogP contribution in [0, 0.1) is 5.82 Å². The van der Waals surface area contributed by atoms with Crippen molar-refractivity contribution in [2.75, 3.05) is 26.1 Å². The molecule has 3 aromatic carbocycles. The number of methoxy groups -OCH3 is 2. The minimum Gasteiger partial charge on any atom is -0.495 e. The highest BCUT2D eigenvalue weighted by atomic mass is 32.2. The third kappa shape index (κ3) is 6.28. The molecule has 1 heterocycles. The highest BCUT2D eigenvalue weighted by Crippen LogP contribution is 2.35. The monoisotopic (exact) mass is 522 g/mol. The van der Waals surface area contributed by atoms with E-state index in [2.05, 4.69) is 5.32 Å². The summed E-state index contributed by atoms with van der Waals surface area (Å²) in [4.78, 5) is 39.0. The van der Waals surface area contributed by atoms with Gasteiger partial charge in [-0.1, -0.05) is 30.3 Å². The molecule has 190 valence electrons. The summed E-state index contributed by atoms with van der Waals surface area (Å²) in [5.41, 5.74) is 1.77. The Bertz CT molecular complexity index is 1360. The maximum absolute atomic E-state index is 13.1. The molecule has 3 amide bonds. The van der Waals surface area contributed by atoms with Crippen LogP contribution in [-0.4, -0.2) is 42.8 Å². The van der Waals surface area contributed by atoms with Crippen molar-refractivity contribution in [2.45, 2.75) is 6.54 Å². The number of hydrogen-bond donors (Lipinski definition) is 1. The van der Waals surface area contributed by atoms with Crippen LogP contribution >= 0.6 is 11.8 Å². The quantitative estimate of drug-likeness (QED) is 0.391. The van der Waals surface area contributed by atoms with Crippen LogP contribution in [-0.2, 0) is 16.1 Å². The summed E-state index contributed by atoms with van der Waals surface area (Å²) in [7, 11) is 2.97. The standard InChI is InChI=1S/C27H23FN2O6S/c1-34-21-6-4-3-5-20(21)29-25(31)16-36-22-12-9-18(13-23(22)35-2)14-24-26(32)30(27(33)37-24)15-17-7-10-19(28)11-8-17/h3-14H,15-16H2,1-2H3,(H,29,31)/b24-14-. The maximum Gasteiger partial charge on any atom is 0.293 e. The highest BCUT2D eigenvalue weighted by molar-refractivity contribution is 8.18. The van der Waals surface area contributed by atoms with Crippen LogP contribution in [0.15, 0.2) is 71.6 Å². The summed E-state index contributed by atoms with van der Waals surface area (Å²) in [6, 6.07) is 17.6. The molecule has 0 radical (unpaired) electrons. The number of carbonyl (C=O) groups is 3. The fourth-order valence-corrected chi connectivity index (χ4v) is 4.37. The molecule has 1 fully saturated rings.